The smallest absolute Gasteiger partial charge is 0.0630 e. The SMILES string of the molecule is Clc1ccc(C=Nc2ccc([C@@H]3Nc4ccccc4[C@@H]4C=CC[C@H]43)cc2)cc1. The number of anilines is 1. The molecule has 138 valence electrons. The molecule has 28 heavy (non-hydrogen) atoms. The van der Waals surface area contributed by atoms with Gasteiger partial charge >= 0.3 is 0 Å². The van der Waals surface area contributed by atoms with Crippen molar-refractivity contribution in [2.75, 3.05) is 5.32 Å². The molecule has 0 unspecified atom stereocenters. The van der Waals surface area contributed by atoms with E-state index in [-0.39, 0.29) is 0 Å². The van der Waals surface area contributed by atoms with E-state index in [0.717, 1.165) is 22.7 Å². The lowest BCUT2D eigenvalue weighted by Crippen LogP contribution is -2.28. The van der Waals surface area contributed by atoms with E-state index in [0.29, 0.717) is 17.9 Å². The Kier molecular flexibility index (Phi) is 4.50. The third-order valence-electron chi connectivity index (χ3n) is 5.76. The summed E-state index contributed by atoms with van der Waals surface area (Å²) in [6.07, 6.45) is 7.70. The van der Waals surface area contributed by atoms with Crippen LogP contribution in [0.15, 0.2) is 89.9 Å². The minimum atomic E-state index is 0.323. The molecule has 0 aromatic heterocycles. The van der Waals surface area contributed by atoms with Gasteiger partial charge in [0.2, 0.25) is 0 Å². The number of nitrogens with zero attached hydrogens (tertiary/aromatic N) is 1. The summed E-state index contributed by atoms with van der Waals surface area (Å²) < 4.78 is 0. The van der Waals surface area contributed by atoms with Gasteiger partial charge in [0.25, 0.3) is 0 Å². The number of para-hydroxylation sites is 1. The maximum Gasteiger partial charge on any atom is 0.0630 e. The molecule has 0 radical (unpaired) electrons. The summed E-state index contributed by atoms with van der Waals surface area (Å²) >= 11 is 5.94. The average molecular weight is 385 g/mol. The maximum absolute atomic E-state index is 5.94. The molecule has 2 nitrogen and oxygen atoms in total. The third kappa shape index (κ3) is 3.25. The molecule has 3 aromatic rings. The van der Waals surface area contributed by atoms with Gasteiger partial charge in [-0.25, -0.2) is 0 Å². The maximum atomic E-state index is 5.94. The van der Waals surface area contributed by atoms with Crippen LogP contribution in [0.4, 0.5) is 11.4 Å². The summed E-state index contributed by atoms with van der Waals surface area (Å²) in [6, 6.07) is 25.3. The van der Waals surface area contributed by atoms with E-state index in [2.05, 4.69) is 71.0 Å². The summed E-state index contributed by atoms with van der Waals surface area (Å²) in [5.74, 6) is 1.07. The van der Waals surface area contributed by atoms with Crippen molar-refractivity contribution in [1.29, 1.82) is 0 Å². The Hall–Kier alpha value is -2.84. The minimum absolute atomic E-state index is 0.323. The van der Waals surface area contributed by atoms with Crippen LogP contribution in [0, 0.1) is 5.92 Å². The van der Waals surface area contributed by atoms with Crippen molar-refractivity contribution >= 4 is 29.2 Å². The summed E-state index contributed by atoms with van der Waals surface area (Å²) in [5, 5.41) is 4.52. The highest BCUT2D eigenvalue weighted by Crippen LogP contribution is 2.49. The number of fused-ring (bicyclic) bond motifs is 3. The van der Waals surface area contributed by atoms with Crippen molar-refractivity contribution in [3.05, 3.63) is 107 Å². The quantitative estimate of drug-likeness (QED) is 0.384. The van der Waals surface area contributed by atoms with E-state index >= 15 is 0 Å². The zero-order valence-electron chi connectivity index (χ0n) is 15.4. The first-order valence-corrected chi connectivity index (χ1v) is 10.1. The number of benzene rings is 3. The first-order chi connectivity index (χ1) is 13.8. The van der Waals surface area contributed by atoms with Crippen LogP contribution >= 0.6 is 11.6 Å². The Balaban J connectivity index is 1.38. The van der Waals surface area contributed by atoms with E-state index in [1.165, 1.54) is 16.8 Å². The molecular weight excluding hydrogens is 364 g/mol. The van der Waals surface area contributed by atoms with Crippen LogP contribution in [0.25, 0.3) is 0 Å². The minimum Gasteiger partial charge on any atom is -0.378 e. The number of hydrogen-bond acceptors (Lipinski definition) is 2. The second-order valence-electron chi connectivity index (χ2n) is 7.46. The zero-order chi connectivity index (χ0) is 18.9. The Morgan fingerprint density at radius 1 is 0.929 bits per heavy atom. The topological polar surface area (TPSA) is 24.4 Å². The molecule has 1 N–H and O–H groups in total. The molecule has 1 heterocycles. The predicted octanol–water partition coefficient (Wildman–Crippen LogP) is 6.92. The molecule has 3 aromatic carbocycles. The van der Waals surface area contributed by atoms with Gasteiger partial charge in [0.15, 0.2) is 0 Å². The molecule has 0 saturated carbocycles. The zero-order valence-corrected chi connectivity index (χ0v) is 16.2. The van der Waals surface area contributed by atoms with Gasteiger partial charge in [-0.3, -0.25) is 4.99 Å². The molecule has 1 aliphatic heterocycles. The van der Waals surface area contributed by atoms with Crippen LogP contribution in [0.3, 0.4) is 0 Å². The van der Waals surface area contributed by atoms with Crippen LogP contribution in [0.2, 0.25) is 5.02 Å². The average Bonchev–Trinajstić information content (AvgIpc) is 3.23. The number of allylic oxidation sites excluding steroid dienone is 2. The van der Waals surface area contributed by atoms with Gasteiger partial charge < -0.3 is 5.32 Å². The first-order valence-electron chi connectivity index (χ1n) is 9.70. The molecule has 0 amide bonds. The molecule has 3 atom stereocenters. The lowest BCUT2D eigenvalue weighted by atomic mass is 9.77. The lowest BCUT2D eigenvalue weighted by molar-refractivity contribution is 0.425. The predicted molar refractivity (Wildman–Crippen MR) is 118 cm³/mol. The van der Waals surface area contributed by atoms with Gasteiger partial charge in [0, 0.05) is 22.8 Å². The molecule has 0 bridgehead atoms. The molecule has 1 aliphatic carbocycles. The van der Waals surface area contributed by atoms with Crippen molar-refractivity contribution in [3.8, 4) is 0 Å². The van der Waals surface area contributed by atoms with Crippen molar-refractivity contribution < 1.29 is 0 Å². The molecule has 2 aliphatic rings. The van der Waals surface area contributed by atoms with Gasteiger partial charge in [-0.15, -0.1) is 0 Å². The van der Waals surface area contributed by atoms with Gasteiger partial charge in [0.1, 0.15) is 0 Å². The fraction of sp³-hybridized carbons (Fsp3) is 0.160. The van der Waals surface area contributed by atoms with Crippen LogP contribution in [-0.4, -0.2) is 6.21 Å². The van der Waals surface area contributed by atoms with Gasteiger partial charge in [-0.05, 0) is 59.4 Å². The number of rotatable bonds is 3. The van der Waals surface area contributed by atoms with E-state index in [4.69, 9.17) is 11.6 Å². The fourth-order valence-corrected chi connectivity index (χ4v) is 4.47. The highest BCUT2D eigenvalue weighted by molar-refractivity contribution is 6.30. The highest BCUT2D eigenvalue weighted by atomic mass is 35.5. The Bertz CT molecular complexity index is 1030. The Labute approximate surface area is 170 Å². The number of halogens is 1. The largest absolute Gasteiger partial charge is 0.378 e. The van der Waals surface area contributed by atoms with Crippen LogP contribution < -0.4 is 5.32 Å². The fourth-order valence-electron chi connectivity index (χ4n) is 4.34. The second-order valence-corrected chi connectivity index (χ2v) is 7.90. The van der Waals surface area contributed by atoms with Crippen molar-refractivity contribution in [1.82, 2.24) is 0 Å². The van der Waals surface area contributed by atoms with Crippen molar-refractivity contribution in [2.24, 2.45) is 10.9 Å². The number of hydrogen-bond donors (Lipinski definition) is 1. The molecular formula is C25H21ClN2. The normalized spacial score (nSPS) is 22.7. The summed E-state index contributed by atoms with van der Waals surface area (Å²) in [6.45, 7) is 0. The van der Waals surface area contributed by atoms with Crippen LogP contribution in [0.1, 0.15) is 35.1 Å². The standard InChI is InChI=1S/C25H21ClN2/c26-19-12-8-17(9-13-19)16-27-20-14-10-18(11-15-20)25-23-6-3-5-21(23)22-4-1-2-7-24(22)28-25/h1-5,7-16,21,23,25,28H,6H2/t21-,23+,25-/m0/s1. The molecule has 3 heteroatoms. The number of nitrogens with one attached hydrogen (secondary N) is 1. The Morgan fingerprint density at radius 3 is 2.54 bits per heavy atom. The van der Waals surface area contributed by atoms with Crippen LogP contribution in [0.5, 0.6) is 0 Å². The molecule has 0 spiro atoms. The lowest BCUT2D eigenvalue weighted by Gasteiger charge is -2.37. The molecule has 5 rings (SSSR count). The third-order valence-corrected chi connectivity index (χ3v) is 6.01. The Morgan fingerprint density at radius 2 is 1.71 bits per heavy atom. The highest BCUT2D eigenvalue weighted by Gasteiger charge is 2.37. The molecule has 0 saturated heterocycles. The van der Waals surface area contributed by atoms with E-state index < -0.39 is 0 Å². The van der Waals surface area contributed by atoms with Crippen molar-refractivity contribution in [3.63, 3.8) is 0 Å². The first kappa shape index (κ1) is 17.3. The van der Waals surface area contributed by atoms with Crippen molar-refractivity contribution in [2.45, 2.75) is 18.4 Å². The van der Waals surface area contributed by atoms with E-state index in [9.17, 15) is 0 Å². The summed E-state index contributed by atoms with van der Waals surface area (Å²) in [5.41, 5.74) is 5.99. The monoisotopic (exact) mass is 384 g/mol. The van der Waals surface area contributed by atoms with Gasteiger partial charge in [-0.2, -0.15) is 0 Å². The van der Waals surface area contributed by atoms with Gasteiger partial charge in [-0.1, -0.05) is 66.2 Å². The van der Waals surface area contributed by atoms with Crippen LogP contribution in [-0.2, 0) is 0 Å². The molecule has 0 fully saturated rings. The summed E-state index contributed by atoms with van der Waals surface area (Å²) in [4.78, 5) is 4.59. The second kappa shape index (κ2) is 7.29. The van der Waals surface area contributed by atoms with E-state index in [1.54, 1.807) is 0 Å². The van der Waals surface area contributed by atoms with E-state index in [1.807, 2.05) is 30.5 Å². The summed E-state index contributed by atoms with van der Waals surface area (Å²) in [7, 11) is 0. The van der Waals surface area contributed by atoms with Gasteiger partial charge in [0.05, 0.1) is 11.7 Å². The number of aliphatic imine (C=N–C) groups is 1.